The van der Waals surface area contributed by atoms with E-state index < -0.39 is 0 Å². The van der Waals surface area contributed by atoms with Crippen LogP contribution in [0.3, 0.4) is 0 Å². The van der Waals surface area contributed by atoms with Gasteiger partial charge in [0.1, 0.15) is 5.75 Å². The van der Waals surface area contributed by atoms with Crippen LogP contribution < -0.4 is 15.8 Å². The van der Waals surface area contributed by atoms with E-state index in [1.54, 1.807) is 43.9 Å². The summed E-state index contributed by atoms with van der Waals surface area (Å²) in [4.78, 5) is 18.2. The third-order valence-electron chi connectivity index (χ3n) is 4.68. The van der Waals surface area contributed by atoms with E-state index in [-0.39, 0.29) is 5.91 Å². The molecule has 4 aromatic rings. The van der Waals surface area contributed by atoms with Gasteiger partial charge in [-0.2, -0.15) is 4.98 Å². The molecule has 8 heteroatoms. The Morgan fingerprint density at radius 2 is 1.80 bits per heavy atom. The highest BCUT2D eigenvalue weighted by Gasteiger charge is 2.13. The molecule has 0 aliphatic rings. The molecule has 8 nitrogen and oxygen atoms in total. The fourth-order valence-electron chi connectivity index (χ4n) is 3.09. The first-order valence-corrected chi connectivity index (χ1v) is 9.33. The summed E-state index contributed by atoms with van der Waals surface area (Å²) in [5, 5.41) is 7.68. The minimum absolute atomic E-state index is 0.0964. The van der Waals surface area contributed by atoms with Gasteiger partial charge in [-0.15, -0.1) is 5.10 Å². The Hall–Kier alpha value is -4.07. The molecule has 3 N–H and O–H groups in total. The highest BCUT2D eigenvalue weighted by molar-refractivity contribution is 5.95. The van der Waals surface area contributed by atoms with Crippen LogP contribution in [0.15, 0.2) is 60.8 Å². The second-order valence-corrected chi connectivity index (χ2v) is 7.02. The summed E-state index contributed by atoms with van der Waals surface area (Å²) in [5.41, 5.74) is 10.4. The van der Waals surface area contributed by atoms with Gasteiger partial charge in [0.05, 0.1) is 12.8 Å². The lowest BCUT2D eigenvalue weighted by atomic mass is 10.1. The second kappa shape index (κ2) is 7.75. The number of aromatic nitrogens is 3. The van der Waals surface area contributed by atoms with Crippen molar-refractivity contribution in [2.75, 3.05) is 32.3 Å². The zero-order chi connectivity index (χ0) is 21.3. The smallest absolute Gasteiger partial charge is 0.253 e. The molecule has 30 heavy (non-hydrogen) atoms. The molecule has 0 spiro atoms. The van der Waals surface area contributed by atoms with Gasteiger partial charge in [0.15, 0.2) is 5.65 Å². The number of ether oxygens (including phenoxy) is 1. The zero-order valence-corrected chi connectivity index (χ0v) is 17.0. The maximum absolute atomic E-state index is 12.2. The first-order valence-electron chi connectivity index (χ1n) is 9.33. The molecular formula is C22H22N6O2. The number of nitrogens with zero attached hydrogens (tertiary/aromatic N) is 4. The molecule has 0 saturated carbocycles. The van der Waals surface area contributed by atoms with Crippen LogP contribution in [0.5, 0.6) is 5.75 Å². The minimum Gasteiger partial charge on any atom is -0.495 e. The van der Waals surface area contributed by atoms with E-state index in [1.165, 1.54) is 4.90 Å². The Bertz CT molecular complexity index is 1210. The monoisotopic (exact) mass is 402 g/mol. The van der Waals surface area contributed by atoms with Crippen LogP contribution in [0.4, 0.5) is 17.3 Å². The maximum atomic E-state index is 12.2. The number of fused-ring (bicyclic) bond motifs is 1. The highest BCUT2D eigenvalue weighted by atomic mass is 16.5. The van der Waals surface area contributed by atoms with Gasteiger partial charge >= 0.3 is 0 Å². The molecule has 2 heterocycles. The van der Waals surface area contributed by atoms with Gasteiger partial charge in [-0.05, 0) is 48.0 Å². The van der Waals surface area contributed by atoms with E-state index in [4.69, 9.17) is 10.5 Å². The molecule has 0 bridgehead atoms. The van der Waals surface area contributed by atoms with E-state index in [0.29, 0.717) is 28.6 Å². The van der Waals surface area contributed by atoms with E-state index in [9.17, 15) is 4.79 Å². The van der Waals surface area contributed by atoms with Crippen LogP contribution in [0.2, 0.25) is 0 Å². The van der Waals surface area contributed by atoms with Crippen LogP contribution in [-0.4, -0.2) is 46.6 Å². The number of carbonyl (C=O) groups excluding carboxylic acids is 1. The number of anilines is 3. The molecule has 0 unspecified atom stereocenters. The SMILES string of the molecule is COc1cc(C(=O)N(C)C)ccc1Nc1nc2ccc(-c3ccc(N)cc3)cn2n1. The van der Waals surface area contributed by atoms with Crippen LogP contribution in [0, 0.1) is 0 Å². The van der Waals surface area contributed by atoms with Crippen molar-refractivity contribution in [3.05, 3.63) is 66.4 Å². The molecule has 152 valence electrons. The first kappa shape index (κ1) is 19.3. The number of methoxy groups -OCH3 is 1. The fraction of sp³-hybridized carbons (Fsp3) is 0.136. The molecule has 2 aromatic heterocycles. The van der Waals surface area contributed by atoms with Crippen LogP contribution in [0.1, 0.15) is 10.4 Å². The Morgan fingerprint density at radius 1 is 1.07 bits per heavy atom. The summed E-state index contributed by atoms with van der Waals surface area (Å²) < 4.78 is 7.16. The summed E-state index contributed by atoms with van der Waals surface area (Å²) in [7, 11) is 4.97. The van der Waals surface area contributed by atoms with Gasteiger partial charge in [-0.3, -0.25) is 4.79 Å². The number of nitrogen functional groups attached to an aromatic ring is 1. The Morgan fingerprint density at radius 3 is 2.50 bits per heavy atom. The van der Waals surface area contributed by atoms with Gasteiger partial charge in [0.2, 0.25) is 5.95 Å². The van der Waals surface area contributed by atoms with E-state index in [2.05, 4.69) is 15.4 Å². The van der Waals surface area contributed by atoms with Gasteiger partial charge in [0, 0.05) is 37.1 Å². The lowest BCUT2D eigenvalue weighted by Crippen LogP contribution is -2.21. The number of hydrogen-bond donors (Lipinski definition) is 2. The third-order valence-corrected chi connectivity index (χ3v) is 4.68. The van der Waals surface area contributed by atoms with Crippen molar-refractivity contribution in [3.63, 3.8) is 0 Å². The molecular weight excluding hydrogens is 380 g/mol. The Kier molecular flexibility index (Phi) is 4.97. The number of carbonyl (C=O) groups is 1. The molecule has 0 radical (unpaired) electrons. The van der Waals surface area contributed by atoms with Crippen LogP contribution in [-0.2, 0) is 0 Å². The van der Waals surface area contributed by atoms with Crippen molar-refractivity contribution in [1.29, 1.82) is 0 Å². The predicted octanol–water partition coefficient (Wildman–Crippen LogP) is 3.43. The van der Waals surface area contributed by atoms with Crippen molar-refractivity contribution >= 4 is 28.9 Å². The summed E-state index contributed by atoms with van der Waals surface area (Å²) in [5.74, 6) is 0.861. The van der Waals surface area contributed by atoms with Crippen molar-refractivity contribution in [1.82, 2.24) is 19.5 Å². The lowest BCUT2D eigenvalue weighted by molar-refractivity contribution is 0.0827. The molecule has 0 saturated heterocycles. The molecule has 0 atom stereocenters. The molecule has 4 rings (SSSR count). The Labute approximate surface area is 173 Å². The lowest BCUT2D eigenvalue weighted by Gasteiger charge is -2.13. The number of benzene rings is 2. The summed E-state index contributed by atoms with van der Waals surface area (Å²) >= 11 is 0. The van der Waals surface area contributed by atoms with Gasteiger partial charge in [0.25, 0.3) is 5.91 Å². The second-order valence-electron chi connectivity index (χ2n) is 7.02. The standard InChI is InChI=1S/C22H22N6O2/c1-27(2)21(29)15-6-10-18(19(12-15)30-3)24-22-25-20-11-7-16(13-28(20)26-22)14-4-8-17(23)9-5-14/h4-13H,23H2,1-3H3,(H,24,26). The number of pyridine rings is 1. The molecule has 0 fully saturated rings. The third kappa shape index (κ3) is 3.75. The van der Waals surface area contributed by atoms with Crippen molar-refractivity contribution in [2.45, 2.75) is 0 Å². The molecule has 2 aromatic carbocycles. The van der Waals surface area contributed by atoms with E-state index in [1.807, 2.05) is 42.6 Å². The van der Waals surface area contributed by atoms with Gasteiger partial charge < -0.3 is 20.7 Å². The first-order chi connectivity index (χ1) is 14.4. The number of nitrogens with two attached hydrogens (primary N) is 1. The summed E-state index contributed by atoms with van der Waals surface area (Å²) in [6, 6.07) is 16.8. The minimum atomic E-state index is -0.0964. The number of hydrogen-bond acceptors (Lipinski definition) is 6. The topological polar surface area (TPSA) is 97.8 Å². The quantitative estimate of drug-likeness (QED) is 0.496. The average Bonchev–Trinajstić information content (AvgIpc) is 3.15. The van der Waals surface area contributed by atoms with Gasteiger partial charge in [-0.25, -0.2) is 4.52 Å². The highest BCUT2D eigenvalue weighted by Crippen LogP contribution is 2.29. The number of amides is 1. The largest absolute Gasteiger partial charge is 0.495 e. The molecule has 1 amide bonds. The van der Waals surface area contributed by atoms with Crippen molar-refractivity contribution in [3.8, 4) is 16.9 Å². The van der Waals surface area contributed by atoms with E-state index in [0.717, 1.165) is 16.8 Å². The van der Waals surface area contributed by atoms with Crippen LogP contribution >= 0.6 is 0 Å². The predicted molar refractivity (Wildman–Crippen MR) is 117 cm³/mol. The fourth-order valence-corrected chi connectivity index (χ4v) is 3.09. The average molecular weight is 402 g/mol. The molecule has 0 aliphatic carbocycles. The van der Waals surface area contributed by atoms with E-state index >= 15 is 0 Å². The van der Waals surface area contributed by atoms with Crippen LogP contribution in [0.25, 0.3) is 16.8 Å². The summed E-state index contributed by atoms with van der Waals surface area (Å²) in [6.07, 6.45) is 1.91. The summed E-state index contributed by atoms with van der Waals surface area (Å²) in [6.45, 7) is 0. The Balaban J connectivity index is 1.62. The zero-order valence-electron chi connectivity index (χ0n) is 17.0. The maximum Gasteiger partial charge on any atom is 0.253 e. The van der Waals surface area contributed by atoms with Crippen molar-refractivity contribution < 1.29 is 9.53 Å². The van der Waals surface area contributed by atoms with Crippen molar-refractivity contribution in [2.24, 2.45) is 0 Å². The number of nitrogens with one attached hydrogen (secondary N) is 1. The number of rotatable bonds is 5. The molecule has 0 aliphatic heterocycles. The van der Waals surface area contributed by atoms with Gasteiger partial charge in [-0.1, -0.05) is 12.1 Å². The normalized spacial score (nSPS) is 10.8.